The molecule has 0 unspecified atom stereocenters. The zero-order valence-corrected chi connectivity index (χ0v) is 10.2. The molecule has 0 radical (unpaired) electrons. The first-order chi connectivity index (χ1) is 7.43. The van der Waals surface area contributed by atoms with E-state index < -0.39 is 5.97 Å². The van der Waals surface area contributed by atoms with E-state index >= 15 is 0 Å². The van der Waals surface area contributed by atoms with Crippen LogP contribution in [0, 0.1) is 0 Å². The average molecular weight is 242 g/mol. The Morgan fingerprint density at radius 3 is 2.62 bits per heavy atom. The Morgan fingerprint density at radius 2 is 2.12 bits per heavy atom. The molecule has 16 heavy (non-hydrogen) atoms. The Hall–Kier alpha value is -1.56. The molecule has 0 aliphatic heterocycles. The SMILES string of the molecule is CC(C)N(C)C(=O)Nc1sccc1C(=O)O. The molecule has 1 aromatic rings. The lowest BCUT2D eigenvalue weighted by Gasteiger charge is -2.21. The second-order valence-electron chi connectivity index (χ2n) is 3.60. The van der Waals surface area contributed by atoms with Gasteiger partial charge in [-0.15, -0.1) is 11.3 Å². The van der Waals surface area contributed by atoms with E-state index in [0.717, 1.165) is 0 Å². The van der Waals surface area contributed by atoms with Gasteiger partial charge in [0.25, 0.3) is 0 Å². The molecule has 0 atom stereocenters. The maximum Gasteiger partial charge on any atom is 0.338 e. The molecule has 88 valence electrons. The molecule has 0 fully saturated rings. The van der Waals surface area contributed by atoms with Crippen LogP contribution in [0.15, 0.2) is 11.4 Å². The van der Waals surface area contributed by atoms with E-state index in [4.69, 9.17) is 5.11 Å². The van der Waals surface area contributed by atoms with Crippen LogP contribution in [-0.2, 0) is 0 Å². The highest BCUT2D eigenvalue weighted by Gasteiger charge is 2.17. The van der Waals surface area contributed by atoms with Gasteiger partial charge in [0.15, 0.2) is 0 Å². The van der Waals surface area contributed by atoms with Crippen molar-refractivity contribution in [3.05, 3.63) is 17.0 Å². The molecule has 2 N–H and O–H groups in total. The summed E-state index contributed by atoms with van der Waals surface area (Å²) >= 11 is 1.20. The van der Waals surface area contributed by atoms with Crippen molar-refractivity contribution in [3.8, 4) is 0 Å². The molecule has 1 heterocycles. The lowest BCUT2D eigenvalue weighted by molar-refractivity contribution is 0.0698. The Balaban J connectivity index is 2.77. The minimum absolute atomic E-state index is 0.0632. The van der Waals surface area contributed by atoms with Crippen LogP contribution in [0.4, 0.5) is 9.80 Å². The van der Waals surface area contributed by atoms with Crippen LogP contribution in [0.1, 0.15) is 24.2 Å². The van der Waals surface area contributed by atoms with Crippen molar-refractivity contribution in [2.75, 3.05) is 12.4 Å². The number of aromatic carboxylic acids is 1. The quantitative estimate of drug-likeness (QED) is 0.854. The Morgan fingerprint density at radius 1 is 1.50 bits per heavy atom. The number of carbonyl (C=O) groups excluding carboxylic acids is 1. The summed E-state index contributed by atoms with van der Waals surface area (Å²) in [6, 6.07) is 1.23. The molecule has 0 saturated heterocycles. The third kappa shape index (κ3) is 2.73. The van der Waals surface area contributed by atoms with Gasteiger partial charge in [-0.25, -0.2) is 9.59 Å². The van der Waals surface area contributed by atoms with Gasteiger partial charge in [0.1, 0.15) is 5.00 Å². The minimum atomic E-state index is -1.04. The van der Waals surface area contributed by atoms with Crippen LogP contribution in [0.3, 0.4) is 0 Å². The Kier molecular flexibility index (Phi) is 3.89. The molecule has 6 heteroatoms. The van der Waals surface area contributed by atoms with Crippen LogP contribution < -0.4 is 5.32 Å². The van der Waals surface area contributed by atoms with E-state index in [2.05, 4.69) is 5.32 Å². The molecule has 5 nitrogen and oxygen atoms in total. The number of nitrogens with zero attached hydrogens (tertiary/aromatic N) is 1. The number of thiophene rings is 1. The number of urea groups is 1. The van der Waals surface area contributed by atoms with Crippen LogP contribution in [0.2, 0.25) is 0 Å². The Bertz CT molecular complexity index is 401. The highest BCUT2D eigenvalue weighted by Crippen LogP contribution is 2.23. The fourth-order valence-corrected chi connectivity index (χ4v) is 1.76. The number of amides is 2. The second kappa shape index (κ2) is 4.98. The van der Waals surface area contributed by atoms with E-state index in [1.807, 2.05) is 13.8 Å². The van der Waals surface area contributed by atoms with E-state index in [9.17, 15) is 9.59 Å². The van der Waals surface area contributed by atoms with Gasteiger partial charge < -0.3 is 10.0 Å². The number of rotatable bonds is 3. The number of anilines is 1. The first kappa shape index (κ1) is 12.5. The Labute approximate surface area is 97.7 Å². The van der Waals surface area contributed by atoms with Crippen molar-refractivity contribution in [2.24, 2.45) is 0 Å². The lowest BCUT2D eigenvalue weighted by atomic mass is 10.3. The van der Waals surface area contributed by atoms with Crippen molar-refractivity contribution in [1.29, 1.82) is 0 Å². The lowest BCUT2D eigenvalue weighted by Crippen LogP contribution is -2.36. The summed E-state index contributed by atoms with van der Waals surface area (Å²) in [5.41, 5.74) is 0.121. The van der Waals surface area contributed by atoms with Gasteiger partial charge in [-0.1, -0.05) is 0 Å². The fourth-order valence-electron chi connectivity index (χ4n) is 0.994. The van der Waals surface area contributed by atoms with E-state index in [-0.39, 0.29) is 17.6 Å². The molecule has 1 rings (SSSR count). The van der Waals surface area contributed by atoms with Gasteiger partial charge in [-0.3, -0.25) is 5.32 Å². The molecule has 2 amide bonds. The topological polar surface area (TPSA) is 69.6 Å². The van der Waals surface area contributed by atoms with Crippen LogP contribution in [0.5, 0.6) is 0 Å². The van der Waals surface area contributed by atoms with Crippen LogP contribution >= 0.6 is 11.3 Å². The summed E-state index contributed by atoms with van der Waals surface area (Å²) in [4.78, 5) is 24.0. The second-order valence-corrected chi connectivity index (χ2v) is 4.52. The third-order valence-electron chi connectivity index (χ3n) is 2.21. The van der Waals surface area contributed by atoms with E-state index in [1.54, 1.807) is 12.4 Å². The molecule has 0 bridgehead atoms. The third-order valence-corrected chi connectivity index (χ3v) is 3.04. The van der Waals surface area contributed by atoms with E-state index in [1.165, 1.54) is 22.3 Å². The van der Waals surface area contributed by atoms with Gasteiger partial charge in [0.2, 0.25) is 0 Å². The smallest absolute Gasteiger partial charge is 0.338 e. The normalized spacial score (nSPS) is 10.2. The molecule has 0 aromatic carbocycles. The monoisotopic (exact) mass is 242 g/mol. The van der Waals surface area contributed by atoms with Gasteiger partial charge in [-0.05, 0) is 25.3 Å². The summed E-state index contributed by atoms with van der Waals surface area (Å²) in [7, 11) is 1.66. The average Bonchev–Trinajstić information content (AvgIpc) is 2.64. The van der Waals surface area contributed by atoms with Crippen LogP contribution in [0.25, 0.3) is 0 Å². The highest BCUT2D eigenvalue weighted by atomic mass is 32.1. The molecule has 0 aliphatic rings. The number of hydrogen-bond acceptors (Lipinski definition) is 3. The van der Waals surface area contributed by atoms with Crippen molar-refractivity contribution in [3.63, 3.8) is 0 Å². The van der Waals surface area contributed by atoms with Crippen molar-refractivity contribution < 1.29 is 14.7 Å². The van der Waals surface area contributed by atoms with Gasteiger partial charge in [-0.2, -0.15) is 0 Å². The first-order valence-corrected chi connectivity index (χ1v) is 5.66. The number of carboxylic acid groups (broad SMARTS) is 1. The van der Waals surface area contributed by atoms with Gasteiger partial charge in [0.05, 0.1) is 5.56 Å². The largest absolute Gasteiger partial charge is 0.478 e. The zero-order valence-electron chi connectivity index (χ0n) is 9.35. The summed E-state index contributed by atoms with van der Waals surface area (Å²) in [5.74, 6) is -1.04. The van der Waals surface area contributed by atoms with Gasteiger partial charge >= 0.3 is 12.0 Å². The summed E-state index contributed by atoms with van der Waals surface area (Å²) in [6.07, 6.45) is 0. The maximum absolute atomic E-state index is 11.7. The molecule has 1 aromatic heterocycles. The standard InChI is InChI=1S/C10H14N2O3S/c1-6(2)12(3)10(15)11-8-7(9(13)14)4-5-16-8/h4-6H,1-3H3,(H,11,15)(H,13,14). The zero-order chi connectivity index (χ0) is 12.3. The van der Waals surface area contributed by atoms with Crippen molar-refractivity contribution >= 4 is 28.3 Å². The van der Waals surface area contributed by atoms with Crippen molar-refractivity contribution in [2.45, 2.75) is 19.9 Å². The number of hydrogen-bond donors (Lipinski definition) is 2. The summed E-state index contributed by atoms with van der Waals surface area (Å²) < 4.78 is 0. The number of carboxylic acids is 1. The van der Waals surface area contributed by atoms with Crippen LogP contribution in [-0.4, -0.2) is 35.1 Å². The number of nitrogens with one attached hydrogen (secondary N) is 1. The van der Waals surface area contributed by atoms with Gasteiger partial charge in [0, 0.05) is 13.1 Å². The molecule has 0 saturated carbocycles. The first-order valence-electron chi connectivity index (χ1n) is 4.78. The fraction of sp³-hybridized carbons (Fsp3) is 0.400. The number of carbonyl (C=O) groups is 2. The molecular weight excluding hydrogens is 228 g/mol. The maximum atomic E-state index is 11.7. The summed E-state index contributed by atoms with van der Waals surface area (Å²) in [5, 5.41) is 13.4. The summed E-state index contributed by atoms with van der Waals surface area (Å²) in [6.45, 7) is 3.76. The molecule has 0 spiro atoms. The molecular formula is C10H14N2O3S. The highest BCUT2D eigenvalue weighted by molar-refractivity contribution is 7.14. The predicted octanol–water partition coefficient (Wildman–Crippen LogP) is 2.32. The molecule has 0 aliphatic carbocycles. The minimum Gasteiger partial charge on any atom is -0.478 e. The van der Waals surface area contributed by atoms with Crippen molar-refractivity contribution in [1.82, 2.24) is 4.90 Å². The predicted molar refractivity (Wildman–Crippen MR) is 63.2 cm³/mol. The van der Waals surface area contributed by atoms with E-state index in [0.29, 0.717) is 5.00 Å².